The molecule has 10 nitrogen and oxygen atoms in total. The van der Waals surface area contributed by atoms with E-state index in [0.29, 0.717) is 35.5 Å². The summed E-state index contributed by atoms with van der Waals surface area (Å²) in [5.41, 5.74) is 33.6. The monoisotopic (exact) mass is 1580 g/mol. The van der Waals surface area contributed by atoms with Gasteiger partial charge < -0.3 is 0 Å². The topological polar surface area (TPSA) is 60.9 Å². The highest BCUT2D eigenvalue weighted by molar-refractivity contribution is 6.13. The third kappa shape index (κ3) is 15.6. The standard InChI is InChI=1S/C31H35N2.2C30H34N3.C19H17N2/c1-20(2)14-23-16-24(15-21(3)4)18-25(17-23)29-19-33-28-13-8-7-11-26(28)27-12-9-10-22(5)30(27)31(33)32(29)6;1-19(2)16-22-10-9-11-23(17-20(3)4)28(22)26-18-32(6)30-27-21(5)14-15-31-29(27)24-12-7-8-13-25(24)33(26)30;1-19(2)13-22-15-23(14-20(3)4)17-24(16-22)27-18-33-26-10-8-7-9-25(26)29-28(30(33)32(27)6)21(5)11-12-31-29;1-14-8-7-10-16-15-9-3-4-11-17(15)21(19(14)16)18-12-5-6-13-20(18)2/h7-13,16-21H,14-15H2,1-6H3;7-15,18-20H,16-17H2,1-6H3;7-12,15-20H,13-14H2,1-6H3;3-13H,1-2H3/q4*+1. The van der Waals surface area contributed by atoms with Crippen molar-refractivity contribution >= 4 is 104 Å². The molecule has 0 N–H and O–H groups in total. The number of imidazole rings is 3. The molecule has 0 aliphatic carbocycles. The Morgan fingerprint density at radius 1 is 0.333 bits per heavy atom. The van der Waals surface area contributed by atoms with E-state index >= 15 is 0 Å². The summed E-state index contributed by atoms with van der Waals surface area (Å²) in [7, 11) is 8.69. The van der Waals surface area contributed by atoms with Gasteiger partial charge in [0.05, 0.1) is 61.6 Å². The number of nitrogens with zero attached hydrogens (tertiary/aromatic N) is 10. The van der Waals surface area contributed by atoms with Gasteiger partial charge in [0.1, 0.15) is 46.2 Å². The van der Waals surface area contributed by atoms with Crippen LogP contribution < -0.4 is 17.9 Å². The number of pyridine rings is 6. The maximum atomic E-state index is 4.83. The molecule has 19 aromatic rings. The zero-order chi connectivity index (χ0) is 84.2. The lowest BCUT2D eigenvalue weighted by Gasteiger charge is -2.16. The second kappa shape index (κ2) is 33.9. The molecule has 0 spiro atoms. The summed E-state index contributed by atoms with van der Waals surface area (Å²) < 4.78 is 18.8. The van der Waals surface area contributed by atoms with E-state index in [1.807, 2.05) is 12.4 Å². The van der Waals surface area contributed by atoms with Crippen LogP contribution in [0.1, 0.15) is 139 Å². The van der Waals surface area contributed by atoms with Gasteiger partial charge in [0.2, 0.25) is 0 Å². The molecule has 0 atom stereocenters. The fourth-order valence-corrected chi connectivity index (χ4v) is 19.4. The van der Waals surface area contributed by atoms with Crippen molar-refractivity contribution in [3.05, 3.63) is 311 Å². The highest BCUT2D eigenvalue weighted by Crippen LogP contribution is 2.40. The smallest absolute Gasteiger partial charge is 0.255 e. The van der Waals surface area contributed by atoms with Crippen molar-refractivity contribution in [1.82, 2.24) is 28.1 Å². The zero-order valence-electron chi connectivity index (χ0n) is 74.4. The molecule has 0 radical (unpaired) electrons. The maximum absolute atomic E-state index is 4.83. The minimum atomic E-state index is 0.599. The highest BCUT2D eigenvalue weighted by atomic mass is 15.1. The number of aryl methyl sites for hydroxylation is 8. The summed E-state index contributed by atoms with van der Waals surface area (Å²) in [6.45, 7) is 36.5. The van der Waals surface area contributed by atoms with Crippen LogP contribution in [-0.2, 0) is 66.7 Å². The fraction of sp³-hybridized carbons (Fsp3) is 0.291. The van der Waals surface area contributed by atoms with Gasteiger partial charge in [0.15, 0.2) is 17.1 Å². The summed E-state index contributed by atoms with van der Waals surface area (Å²) in [5, 5.41) is 11.4. The minimum Gasteiger partial charge on any atom is -0.255 e. The summed E-state index contributed by atoms with van der Waals surface area (Å²) in [4.78, 5) is 9.64. The van der Waals surface area contributed by atoms with Gasteiger partial charge in [-0.2, -0.15) is 17.8 Å². The van der Waals surface area contributed by atoms with Crippen molar-refractivity contribution in [3.63, 3.8) is 0 Å². The third-order valence-electron chi connectivity index (χ3n) is 24.1. The number of aromatic nitrogens is 10. The molecule has 19 rings (SSSR count). The quantitative estimate of drug-likeness (QED) is 0.0715. The molecule has 606 valence electrons. The number of hydrogen-bond donors (Lipinski definition) is 0. The molecule has 0 fully saturated rings. The minimum absolute atomic E-state index is 0.599. The molecule has 0 aliphatic heterocycles. The van der Waals surface area contributed by atoms with Gasteiger partial charge in [-0.3, -0.25) is 9.97 Å². The number of hydrogen-bond acceptors (Lipinski definition) is 2. The second-order valence-corrected chi connectivity index (χ2v) is 36.7. The van der Waals surface area contributed by atoms with Crippen LogP contribution in [0.25, 0.3) is 144 Å². The molecule has 0 unspecified atom stereocenters. The van der Waals surface area contributed by atoms with Crippen molar-refractivity contribution in [1.29, 1.82) is 0 Å². The van der Waals surface area contributed by atoms with E-state index in [-0.39, 0.29) is 0 Å². The Labute approximate surface area is 709 Å². The Hall–Kier alpha value is -12.1. The first kappa shape index (κ1) is 81.6. The molecule has 0 saturated heterocycles. The van der Waals surface area contributed by atoms with Crippen molar-refractivity contribution in [2.45, 2.75) is 149 Å². The molecule has 10 aromatic heterocycles. The number of para-hydroxylation sites is 5. The molecular weight excluding hydrogens is 1460 g/mol. The van der Waals surface area contributed by atoms with Crippen LogP contribution in [0.5, 0.6) is 0 Å². The number of benzene rings is 9. The summed E-state index contributed by atoms with van der Waals surface area (Å²) >= 11 is 0. The fourth-order valence-electron chi connectivity index (χ4n) is 19.4. The van der Waals surface area contributed by atoms with Crippen molar-refractivity contribution in [2.24, 2.45) is 63.7 Å². The third-order valence-corrected chi connectivity index (χ3v) is 24.1. The predicted molar refractivity (Wildman–Crippen MR) is 505 cm³/mol. The van der Waals surface area contributed by atoms with Gasteiger partial charge in [-0.25, -0.2) is 18.3 Å². The Balaban J connectivity index is 0.000000121. The van der Waals surface area contributed by atoms with E-state index in [4.69, 9.17) is 9.97 Å². The van der Waals surface area contributed by atoms with Crippen LogP contribution in [0.2, 0.25) is 0 Å². The van der Waals surface area contributed by atoms with E-state index in [2.05, 4.69) is 418 Å². The van der Waals surface area contributed by atoms with Crippen LogP contribution in [0, 0.1) is 63.2 Å². The van der Waals surface area contributed by atoms with Gasteiger partial charge >= 0.3 is 0 Å². The summed E-state index contributed by atoms with van der Waals surface area (Å²) in [5.74, 6) is 4.93. The van der Waals surface area contributed by atoms with E-state index in [1.54, 1.807) is 0 Å². The highest BCUT2D eigenvalue weighted by Gasteiger charge is 2.31. The van der Waals surface area contributed by atoms with Gasteiger partial charge in [-0.15, -0.1) is 0 Å². The van der Waals surface area contributed by atoms with Gasteiger partial charge in [0.25, 0.3) is 22.8 Å². The Kier molecular flexibility index (Phi) is 23.1. The van der Waals surface area contributed by atoms with Crippen LogP contribution in [-0.4, -0.2) is 28.1 Å². The molecule has 120 heavy (non-hydrogen) atoms. The van der Waals surface area contributed by atoms with Crippen molar-refractivity contribution in [2.75, 3.05) is 0 Å². The van der Waals surface area contributed by atoms with E-state index in [0.717, 1.165) is 49.6 Å². The molecular formula is C110H120N10+4. The first-order chi connectivity index (χ1) is 57.8. The molecule has 0 aliphatic rings. The predicted octanol–water partition coefficient (Wildman–Crippen LogP) is 25.0. The normalized spacial score (nSPS) is 12.0. The average Bonchev–Trinajstić information content (AvgIpc) is 1.55. The van der Waals surface area contributed by atoms with Crippen LogP contribution in [0.4, 0.5) is 0 Å². The zero-order valence-corrected chi connectivity index (χ0v) is 74.4. The van der Waals surface area contributed by atoms with E-state index in [1.165, 1.54) is 188 Å². The van der Waals surface area contributed by atoms with Crippen molar-refractivity contribution in [3.8, 4) is 39.6 Å². The van der Waals surface area contributed by atoms with Gasteiger partial charge in [-0.1, -0.05) is 204 Å². The molecule has 0 amide bonds. The van der Waals surface area contributed by atoms with Gasteiger partial charge in [0, 0.05) is 67.5 Å². The maximum Gasteiger partial charge on any atom is 0.296 e. The molecule has 0 saturated carbocycles. The summed E-state index contributed by atoms with van der Waals surface area (Å²) in [6.07, 6.45) is 19.5. The lowest BCUT2D eigenvalue weighted by atomic mass is 9.89. The van der Waals surface area contributed by atoms with Crippen LogP contribution in [0.15, 0.2) is 256 Å². The number of rotatable bonds is 16. The SMILES string of the molecule is Cc1cccc2c3ccccc3[n+]3cc(-c4cc(CC(C)C)cc(CC(C)C)c4)n(C)c3c12.Cc1cccc2c3ccccc3n(-c3cccc[n+]3C)c12.Cc1ccnc2c3ccccc3[n+]3cc(-c4cc(CC(C)C)cc(CC(C)C)c4)n(C)c3c12.Cc1ccnc2c3ccccc3n3c(-c4c(CC(C)C)cccc4CC(C)C)c[n+](C)c3c12. The van der Waals surface area contributed by atoms with E-state index in [9.17, 15) is 0 Å². The molecule has 0 bridgehead atoms. The molecule has 9 aromatic carbocycles. The lowest BCUT2D eigenvalue weighted by molar-refractivity contribution is -0.665. The lowest BCUT2D eigenvalue weighted by Crippen LogP contribution is -2.33. The average molecular weight is 1580 g/mol. The van der Waals surface area contributed by atoms with Crippen molar-refractivity contribution < 1.29 is 17.9 Å². The Morgan fingerprint density at radius 3 is 1.28 bits per heavy atom. The number of fused-ring (bicyclic) bond motifs is 21. The second-order valence-electron chi connectivity index (χ2n) is 36.7. The van der Waals surface area contributed by atoms with Crippen LogP contribution >= 0.6 is 0 Å². The largest absolute Gasteiger partial charge is 0.296 e. The first-order valence-electron chi connectivity index (χ1n) is 43.8. The molecule has 10 heteroatoms. The Bertz CT molecular complexity index is 6790. The van der Waals surface area contributed by atoms with Gasteiger partial charge in [-0.05, 0) is 248 Å². The van der Waals surface area contributed by atoms with Crippen LogP contribution in [0.3, 0.4) is 0 Å². The first-order valence-corrected chi connectivity index (χ1v) is 43.8. The van der Waals surface area contributed by atoms with E-state index < -0.39 is 0 Å². The Morgan fingerprint density at radius 2 is 0.750 bits per heavy atom. The molecule has 10 heterocycles. The summed E-state index contributed by atoms with van der Waals surface area (Å²) in [6, 6.07) is 79.9.